The minimum absolute atomic E-state index is 0.0492. The summed E-state index contributed by atoms with van der Waals surface area (Å²) in [4.78, 5) is 11.2. The summed E-state index contributed by atoms with van der Waals surface area (Å²) in [5.41, 5.74) is 5.91. The number of hydrogen-bond acceptors (Lipinski definition) is 2. The average Bonchev–Trinajstić information content (AvgIpc) is 2.41. The maximum absolute atomic E-state index is 13.5. The Morgan fingerprint density at radius 3 is 2.70 bits per heavy atom. The predicted molar refractivity (Wildman–Crippen MR) is 79.1 cm³/mol. The van der Waals surface area contributed by atoms with Crippen molar-refractivity contribution in [3.8, 4) is 0 Å². The molecule has 0 aromatic heterocycles. The van der Waals surface area contributed by atoms with Gasteiger partial charge in [0.25, 0.3) is 5.91 Å². The van der Waals surface area contributed by atoms with Crippen molar-refractivity contribution in [1.82, 2.24) is 0 Å². The summed E-state index contributed by atoms with van der Waals surface area (Å²) in [5, 5.41) is 3.46. The maximum atomic E-state index is 13.5. The zero-order chi connectivity index (χ0) is 14.7. The number of benzene rings is 1. The van der Waals surface area contributed by atoms with E-state index < -0.39 is 11.7 Å². The van der Waals surface area contributed by atoms with Gasteiger partial charge in [-0.25, -0.2) is 4.39 Å². The number of amides is 1. The van der Waals surface area contributed by atoms with Crippen LogP contribution in [0.4, 0.5) is 10.1 Å². The summed E-state index contributed by atoms with van der Waals surface area (Å²) < 4.78 is 13.5. The highest BCUT2D eigenvalue weighted by molar-refractivity contribution is 5.94. The van der Waals surface area contributed by atoms with Crippen LogP contribution in [-0.4, -0.2) is 11.9 Å². The normalized spacial score (nSPS) is 22.8. The summed E-state index contributed by atoms with van der Waals surface area (Å²) in [6.45, 7) is 4.48. The van der Waals surface area contributed by atoms with Crippen molar-refractivity contribution >= 4 is 11.6 Å². The van der Waals surface area contributed by atoms with Crippen LogP contribution in [0, 0.1) is 17.7 Å². The standard InChI is InChI=1S/C16H23FN2O/c1-10(2)12-5-3-4-6-15(12)19-11-7-8-14(17)13(9-11)16(18)20/h7-10,12,15,19H,3-6H2,1-2H3,(H2,18,20). The third kappa shape index (κ3) is 3.30. The second-order valence-electron chi connectivity index (χ2n) is 6.00. The lowest BCUT2D eigenvalue weighted by molar-refractivity contribution is 0.0996. The van der Waals surface area contributed by atoms with E-state index in [2.05, 4.69) is 19.2 Å². The summed E-state index contributed by atoms with van der Waals surface area (Å²) in [7, 11) is 0. The molecule has 1 saturated carbocycles. The molecule has 1 amide bonds. The molecule has 3 N–H and O–H groups in total. The van der Waals surface area contributed by atoms with Crippen molar-refractivity contribution < 1.29 is 9.18 Å². The van der Waals surface area contributed by atoms with E-state index in [0.717, 1.165) is 12.1 Å². The van der Waals surface area contributed by atoms with Crippen LogP contribution in [-0.2, 0) is 0 Å². The minimum atomic E-state index is -0.727. The van der Waals surface area contributed by atoms with Crippen molar-refractivity contribution in [2.45, 2.75) is 45.6 Å². The van der Waals surface area contributed by atoms with Crippen LogP contribution in [0.1, 0.15) is 49.9 Å². The predicted octanol–water partition coefficient (Wildman–Crippen LogP) is 3.55. The monoisotopic (exact) mass is 278 g/mol. The fourth-order valence-electron chi connectivity index (χ4n) is 3.15. The Morgan fingerprint density at radius 1 is 1.35 bits per heavy atom. The van der Waals surface area contributed by atoms with Gasteiger partial charge in [0.2, 0.25) is 0 Å². The van der Waals surface area contributed by atoms with Gasteiger partial charge in [-0.3, -0.25) is 4.79 Å². The second-order valence-corrected chi connectivity index (χ2v) is 6.00. The first-order valence-electron chi connectivity index (χ1n) is 7.35. The molecule has 2 rings (SSSR count). The molecular weight excluding hydrogens is 255 g/mol. The van der Waals surface area contributed by atoms with Crippen LogP contribution >= 0.6 is 0 Å². The molecule has 1 aliphatic carbocycles. The van der Waals surface area contributed by atoms with Gasteiger partial charge in [-0.05, 0) is 42.9 Å². The van der Waals surface area contributed by atoms with E-state index in [1.165, 1.54) is 31.4 Å². The van der Waals surface area contributed by atoms with Gasteiger partial charge in [-0.2, -0.15) is 0 Å². The molecule has 3 nitrogen and oxygen atoms in total. The Hall–Kier alpha value is -1.58. The molecule has 1 fully saturated rings. The summed E-state index contributed by atoms with van der Waals surface area (Å²) in [6, 6.07) is 4.88. The van der Waals surface area contributed by atoms with Gasteiger partial charge >= 0.3 is 0 Å². The van der Waals surface area contributed by atoms with Gasteiger partial charge < -0.3 is 11.1 Å². The van der Waals surface area contributed by atoms with Crippen LogP contribution in [0.2, 0.25) is 0 Å². The molecule has 0 heterocycles. The first-order valence-corrected chi connectivity index (χ1v) is 7.35. The van der Waals surface area contributed by atoms with E-state index in [9.17, 15) is 9.18 Å². The van der Waals surface area contributed by atoms with Crippen LogP contribution < -0.4 is 11.1 Å². The molecule has 1 aromatic rings. The zero-order valence-corrected chi connectivity index (χ0v) is 12.2. The number of halogens is 1. The number of carbonyl (C=O) groups is 1. The molecule has 0 saturated heterocycles. The van der Waals surface area contributed by atoms with E-state index in [1.54, 1.807) is 6.07 Å². The van der Waals surface area contributed by atoms with Gasteiger partial charge in [0, 0.05) is 11.7 Å². The third-order valence-electron chi connectivity index (χ3n) is 4.26. The highest BCUT2D eigenvalue weighted by atomic mass is 19.1. The second kappa shape index (κ2) is 6.25. The highest BCUT2D eigenvalue weighted by Gasteiger charge is 2.27. The number of hydrogen-bond donors (Lipinski definition) is 2. The number of carbonyl (C=O) groups excluding carboxylic acids is 1. The highest BCUT2D eigenvalue weighted by Crippen LogP contribution is 2.32. The van der Waals surface area contributed by atoms with Crippen molar-refractivity contribution in [1.29, 1.82) is 0 Å². The molecular formula is C16H23FN2O. The zero-order valence-electron chi connectivity index (χ0n) is 12.2. The minimum Gasteiger partial charge on any atom is -0.382 e. The quantitative estimate of drug-likeness (QED) is 0.885. The fourth-order valence-corrected chi connectivity index (χ4v) is 3.15. The SMILES string of the molecule is CC(C)C1CCCCC1Nc1ccc(F)c(C(N)=O)c1. The lowest BCUT2D eigenvalue weighted by atomic mass is 9.78. The molecule has 2 unspecified atom stereocenters. The van der Waals surface area contributed by atoms with Gasteiger partial charge in [0.15, 0.2) is 0 Å². The molecule has 0 radical (unpaired) electrons. The van der Waals surface area contributed by atoms with Crippen LogP contribution in [0.15, 0.2) is 18.2 Å². The van der Waals surface area contributed by atoms with Gasteiger partial charge in [0.1, 0.15) is 5.82 Å². The molecule has 4 heteroatoms. The summed E-state index contributed by atoms with van der Waals surface area (Å²) in [6.07, 6.45) is 4.83. The molecule has 1 aromatic carbocycles. The summed E-state index contributed by atoms with van der Waals surface area (Å²) in [5.74, 6) is -0.0583. The van der Waals surface area contributed by atoms with Crippen molar-refractivity contribution in [3.63, 3.8) is 0 Å². The molecule has 2 atom stereocenters. The fraction of sp³-hybridized carbons (Fsp3) is 0.562. The smallest absolute Gasteiger partial charge is 0.251 e. The number of rotatable bonds is 4. The molecule has 1 aliphatic rings. The van der Waals surface area contributed by atoms with Gasteiger partial charge in [-0.1, -0.05) is 26.7 Å². The Balaban J connectivity index is 2.16. The Kier molecular flexibility index (Phi) is 4.63. The van der Waals surface area contributed by atoms with Crippen molar-refractivity contribution in [2.75, 3.05) is 5.32 Å². The van der Waals surface area contributed by atoms with E-state index >= 15 is 0 Å². The Morgan fingerprint density at radius 2 is 2.05 bits per heavy atom. The molecule has 0 aliphatic heterocycles. The van der Waals surface area contributed by atoms with Crippen molar-refractivity contribution in [2.24, 2.45) is 17.6 Å². The number of anilines is 1. The van der Waals surface area contributed by atoms with Crippen LogP contribution in [0.5, 0.6) is 0 Å². The van der Waals surface area contributed by atoms with E-state index in [4.69, 9.17) is 5.73 Å². The first kappa shape index (κ1) is 14.8. The van der Waals surface area contributed by atoms with Crippen molar-refractivity contribution in [3.05, 3.63) is 29.6 Å². The largest absolute Gasteiger partial charge is 0.382 e. The Labute approximate surface area is 119 Å². The molecule has 110 valence electrons. The third-order valence-corrected chi connectivity index (χ3v) is 4.26. The van der Waals surface area contributed by atoms with Crippen LogP contribution in [0.3, 0.4) is 0 Å². The van der Waals surface area contributed by atoms with Gasteiger partial charge in [0.05, 0.1) is 5.56 Å². The van der Waals surface area contributed by atoms with E-state index in [-0.39, 0.29) is 5.56 Å². The van der Waals surface area contributed by atoms with Gasteiger partial charge in [-0.15, -0.1) is 0 Å². The molecule has 0 bridgehead atoms. The number of primary amides is 1. The van der Waals surface area contributed by atoms with Crippen LogP contribution in [0.25, 0.3) is 0 Å². The molecule has 20 heavy (non-hydrogen) atoms. The van der Waals surface area contributed by atoms with E-state index in [1.807, 2.05) is 0 Å². The maximum Gasteiger partial charge on any atom is 0.251 e. The topological polar surface area (TPSA) is 55.1 Å². The number of nitrogens with one attached hydrogen (secondary N) is 1. The van der Waals surface area contributed by atoms with E-state index in [0.29, 0.717) is 17.9 Å². The summed E-state index contributed by atoms with van der Waals surface area (Å²) >= 11 is 0. The lowest BCUT2D eigenvalue weighted by Crippen LogP contribution is -2.35. The molecule has 0 spiro atoms. The first-order chi connectivity index (χ1) is 9.49. The average molecular weight is 278 g/mol. The Bertz CT molecular complexity index is 487. The lowest BCUT2D eigenvalue weighted by Gasteiger charge is -2.35. The number of nitrogens with two attached hydrogens (primary N) is 1.